The fraction of sp³-hybridized carbons (Fsp3) is 0.800. The summed E-state index contributed by atoms with van der Waals surface area (Å²) in [6, 6.07) is -0.622. The topological polar surface area (TPSA) is 69.6 Å². The lowest BCUT2D eigenvalue weighted by atomic mass is 10.0. The lowest BCUT2D eigenvalue weighted by molar-refractivity contribution is -0.123. The Morgan fingerprint density at radius 3 is 0.957 bits per heavy atom. The highest BCUT2D eigenvalue weighted by molar-refractivity contribution is 5.76. The maximum Gasteiger partial charge on any atom is 0.220 e. The Hall–Kier alpha value is -2.17. The minimum Gasteiger partial charge on any atom is -0.394 e. The van der Waals surface area contributed by atoms with Crippen molar-refractivity contribution in [3.63, 3.8) is 0 Å². The van der Waals surface area contributed by atoms with Crippen LogP contribution in [0.15, 0.2) is 72.9 Å². The van der Waals surface area contributed by atoms with Gasteiger partial charge in [-0.2, -0.15) is 0 Å². The number of hydrogen-bond donors (Lipinski definition) is 3. The summed E-state index contributed by atoms with van der Waals surface area (Å²) in [5, 5.41) is 23.2. The number of aliphatic hydroxyl groups is 2. The highest BCUT2D eigenvalue weighted by atomic mass is 16.3. The van der Waals surface area contributed by atoms with Gasteiger partial charge in [0.1, 0.15) is 0 Å². The van der Waals surface area contributed by atoms with Crippen LogP contribution in [0.2, 0.25) is 0 Å². The Kier molecular flexibility index (Phi) is 58.2. The molecule has 69 heavy (non-hydrogen) atoms. The van der Waals surface area contributed by atoms with E-state index in [9.17, 15) is 15.0 Å². The van der Waals surface area contributed by atoms with Crippen molar-refractivity contribution in [3.8, 4) is 0 Å². The average molecular weight is 963 g/mol. The molecule has 0 aliphatic heterocycles. The van der Waals surface area contributed by atoms with Gasteiger partial charge in [0.2, 0.25) is 5.91 Å². The molecular formula is C65H119NO3. The molecule has 0 bridgehead atoms. The lowest BCUT2D eigenvalue weighted by Gasteiger charge is -2.20. The minimum absolute atomic E-state index is 0.0595. The second kappa shape index (κ2) is 60.1. The smallest absolute Gasteiger partial charge is 0.220 e. The Bertz CT molecular complexity index is 1180. The molecule has 2 atom stereocenters. The first-order valence-corrected chi connectivity index (χ1v) is 30.7. The van der Waals surface area contributed by atoms with Gasteiger partial charge < -0.3 is 15.5 Å². The van der Waals surface area contributed by atoms with E-state index in [1.807, 2.05) is 6.08 Å². The van der Waals surface area contributed by atoms with E-state index in [2.05, 4.69) is 79.9 Å². The van der Waals surface area contributed by atoms with Crippen molar-refractivity contribution >= 4 is 5.91 Å². The quantitative estimate of drug-likeness (QED) is 0.0420. The third-order valence-electron chi connectivity index (χ3n) is 13.9. The first-order valence-electron chi connectivity index (χ1n) is 30.7. The zero-order valence-electron chi connectivity index (χ0n) is 46.3. The predicted molar refractivity (Wildman–Crippen MR) is 308 cm³/mol. The van der Waals surface area contributed by atoms with Crippen molar-refractivity contribution < 1.29 is 15.0 Å². The van der Waals surface area contributed by atoms with Crippen LogP contribution in [0, 0.1) is 0 Å². The third kappa shape index (κ3) is 56.6. The van der Waals surface area contributed by atoms with Gasteiger partial charge in [-0.3, -0.25) is 4.79 Å². The molecule has 0 aliphatic carbocycles. The first-order chi connectivity index (χ1) is 34.2. The number of amides is 1. The van der Waals surface area contributed by atoms with Crippen LogP contribution in [0.25, 0.3) is 0 Å². The fourth-order valence-electron chi connectivity index (χ4n) is 9.33. The molecule has 0 aromatic heterocycles. The Morgan fingerprint density at radius 2 is 0.638 bits per heavy atom. The van der Waals surface area contributed by atoms with Crippen molar-refractivity contribution in [2.45, 2.75) is 328 Å². The standard InChI is InChI=1S/C65H119NO3/c1-3-5-7-9-11-13-15-17-19-21-23-24-25-26-27-28-29-30-31-32-33-34-35-36-37-38-39-40-41-42-43-45-47-49-51-53-55-57-59-61-65(69)66-63(62-67)64(68)60-58-56-54-52-50-48-46-44-22-20-18-16-14-12-10-8-6-4-2/h5,7,11,13,17,19,23-24,26-27,58,60,63-64,67-68H,3-4,6,8-10,12,14-16,18,20-22,25,28-57,59,61-62H2,1-2H3,(H,66,69)/b7-5-,13-11-,19-17-,24-23-,27-26-,60-58+. The summed E-state index contributed by atoms with van der Waals surface area (Å²) in [4.78, 5) is 12.5. The van der Waals surface area contributed by atoms with Crippen LogP contribution >= 0.6 is 0 Å². The van der Waals surface area contributed by atoms with Crippen LogP contribution in [0.1, 0.15) is 316 Å². The van der Waals surface area contributed by atoms with Crippen LogP contribution in [0.3, 0.4) is 0 Å². The Labute approximate surface area is 431 Å². The molecule has 0 aromatic rings. The van der Waals surface area contributed by atoms with E-state index in [0.717, 1.165) is 57.8 Å². The molecule has 0 heterocycles. The van der Waals surface area contributed by atoms with Gasteiger partial charge >= 0.3 is 0 Å². The molecule has 402 valence electrons. The SMILES string of the molecule is CC/C=C\C/C=C\C/C=C\C/C=C\C/C=C\CCCCCCCCCCCCCCCCCCCCCCCCCC(=O)NC(CO)C(O)/C=C/CCCCCCCCCCCCCCCCCC. The van der Waals surface area contributed by atoms with Gasteiger partial charge in [-0.15, -0.1) is 0 Å². The molecule has 0 aromatic carbocycles. The molecule has 0 fully saturated rings. The summed E-state index contributed by atoms with van der Waals surface area (Å²) >= 11 is 0. The van der Waals surface area contributed by atoms with Crippen molar-refractivity contribution in [2.75, 3.05) is 6.61 Å². The van der Waals surface area contributed by atoms with Crippen molar-refractivity contribution in [3.05, 3.63) is 72.9 Å². The molecule has 3 N–H and O–H groups in total. The van der Waals surface area contributed by atoms with E-state index in [0.29, 0.717) is 6.42 Å². The number of aliphatic hydroxyl groups excluding tert-OH is 2. The largest absolute Gasteiger partial charge is 0.394 e. The third-order valence-corrected chi connectivity index (χ3v) is 13.9. The number of carbonyl (C=O) groups excluding carboxylic acids is 1. The van der Waals surface area contributed by atoms with Crippen LogP contribution in [-0.2, 0) is 4.79 Å². The van der Waals surface area contributed by atoms with Crippen LogP contribution in [0.4, 0.5) is 0 Å². The number of carbonyl (C=O) groups is 1. The fourth-order valence-corrected chi connectivity index (χ4v) is 9.33. The second-order valence-corrected chi connectivity index (χ2v) is 20.7. The zero-order valence-corrected chi connectivity index (χ0v) is 46.3. The Balaban J connectivity index is 3.43. The second-order valence-electron chi connectivity index (χ2n) is 20.7. The number of rotatable bonds is 56. The highest BCUT2D eigenvalue weighted by Crippen LogP contribution is 2.18. The first kappa shape index (κ1) is 66.8. The van der Waals surface area contributed by atoms with Crippen LogP contribution in [0.5, 0.6) is 0 Å². The van der Waals surface area contributed by atoms with E-state index < -0.39 is 12.1 Å². The van der Waals surface area contributed by atoms with Gasteiger partial charge in [0.05, 0.1) is 18.8 Å². The molecule has 0 saturated carbocycles. The molecule has 0 aliphatic rings. The molecular weight excluding hydrogens is 843 g/mol. The summed E-state index contributed by atoms with van der Waals surface area (Å²) in [7, 11) is 0. The lowest BCUT2D eigenvalue weighted by Crippen LogP contribution is -2.45. The van der Waals surface area contributed by atoms with Crippen molar-refractivity contribution in [1.82, 2.24) is 5.32 Å². The van der Waals surface area contributed by atoms with E-state index in [1.165, 1.54) is 238 Å². The van der Waals surface area contributed by atoms with E-state index in [1.54, 1.807) is 6.08 Å². The van der Waals surface area contributed by atoms with Gasteiger partial charge in [-0.05, 0) is 64.2 Å². The van der Waals surface area contributed by atoms with E-state index in [-0.39, 0.29) is 12.5 Å². The minimum atomic E-state index is -0.839. The van der Waals surface area contributed by atoms with Crippen molar-refractivity contribution in [1.29, 1.82) is 0 Å². The number of allylic oxidation sites excluding steroid dienone is 11. The zero-order chi connectivity index (χ0) is 49.9. The molecule has 1 amide bonds. The molecule has 4 heteroatoms. The summed E-state index contributed by atoms with van der Waals surface area (Å²) in [6.07, 6.45) is 86.6. The predicted octanol–water partition coefficient (Wildman–Crippen LogP) is 20.5. The summed E-state index contributed by atoms with van der Waals surface area (Å²) < 4.78 is 0. The molecule has 0 saturated heterocycles. The number of nitrogens with one attached hydrogen (secondary N) is 1. The summed E-state index contributed by atoms with van der Waals surface area (Å²) in [6.45, 7) is 4.22. The van der Waals surface area contributed by atoms with E-state index >= 15 is 0 Å². The summed E-state index contributed by atoms with van der Waals surface area (Å²) in [5.74, 6) is -0.0595. The van der Waals surface area contributed by atoms with Gasteiger partial charge in [0.25, 0.3) is 0 Å². The molecule has 0 rings (SSSR count). The maximum absolute atomic E-state index is 12.5. The molecule has 2 unspecified atom stereocenters. The van der Waals surface area contributed by atoms with Gasteiger partial charge in [-0.1, -0.05) is 318 Å². The normalized spacial score (nSPS) is 13.3. The van der Waals surface area contributed by atoms with Crippen LogP contribution in [-0.4, -0.2) is 34.9 Å². The molecule has 0 spiro atoms. The molecule has 4 nitrogen and oxygen atoms in total. The molecule has 0 radical (unpaired) electrons. The number of hydrogen-bond acceptors (Lipinski definition) is 3. The summed E-state index contributed by atoms with van der Waals surface area (Å²) in [5.41, 5.74) is 0. The highest BCUT2D eigenvalue weighted by Gasteiger charge is 2.18. The monoisotopic (exact) mass is 962 g/mol. The van der Waals surface area contributed by atoms with Gasteiger partial charge in [0.15, 0.2) is 0 Å². The number of unbranched alkanes of at least 4 members (excludes halogenated alkanes) is 39. The Morgan fingerprint density at radius 1 is 0.362 bits per heavy atom. The maximum atomic E-state index is 12.5. The van der Waals surface area contributed by atoms with Gasteiger partial charge in [-0.25, -0.2) is 0 Å². The van der Waals surface area contributed by atoms with Crippen LogP contribution < -0.4 is 5.32 Å². The van der Waals surface area contributed by atoms with E-state index in [4.69, 9.17) is 0 Å². The van der Waals surface area contributed by atoms with Gasteiger partial charge in [0, 0.05) is 6.42 Å². The van der Waals surface area contributed by atoms with Crippen molar-refractivity contribution in [2.24, 2.45) is 0 Å². The average Bonchev–Trinajstić information content (AvgIpc) is 3.35.